The van der Waals surface area contributed by atoms with Crippen molar-refractivity contribution in [3.8, 4) is 29.1 Å². The van der Waals surface area contributed by atoms with Crippen molar-refractivity contribution in [3.05, 3.63) is 101 Å². The van der Waals surface area contributed by atoms with Crippen LogP contribution in [0.5, 0.6) is 23.0 Å². The first-order valence-electron chi connectivity index (χ1n) is 19.5. The lowest BCUT2D eigenvalue weighted by molar-refractivity contribution is -0.123. The van der Waals surface area contributed by atoms with Crippen molar-refractivity contribution in [1.29, 1.82) is 5.26 Å². The first-order valence-corrected chi connectivity index (χ1v) is 19.5. The van der Waals surface area contributed by atoms with Gasteiger partial charge in [-0.3, -0.25) is 4.79 Å². The maximum absolute atomic E-state index is 14.2. The molecular weight excluding hydrogens is 677 g/mol. The fourth-order valence-corrected chi connectivity index (χ4v) is 6.11. The molecule has 1 unspecified atom stereocenters. The molecule has 0 aliphatic heterocycles. The van der Waals surface area contributed by atoms with Crippen LogP contribution in [0.1, 0.15) is 114 Å². The highest BCUT2D eigenvalue weighted by molar-refractivity contribution is 6.02. The van der Waals surface area contributed by atoms with Crippen LogP contribution in [0.25, 0.3) is 0 Å². The van der Waals surface area contributed by atoms with Crippen LogP contribution in [0.3, 0.4) is 0 Å². The maximum Gasteiger partial charge on any atom is 0.323 e. The molecule has 0 saturated carbocycles. The Hall–Kier alpha value is -5.49. The third-order valence-electron chi connectivity index (χ3n) is 9.25. The largest absolute Gasteiger partial charge is 0.506 e. The number of nitrogens with zero attached hydrogens (tertiary/aromatic N) is 1. The van der Waals surface area contributed by atoms with Gasteiger partial charge in [-0.2, -0.15) is 5.26 Å². The molecule has 0 aliphatic carbocycles. The van der Waals surface area contributed by atoms with Crippen LogP contribution < -0.4 is 25.4 Å². The summed E-state index contributed by atoms with van der Waals surface area (Å²) in [5.74, 6) is 0.838. The van der Waals surface area contributed by atoms with Gasteiger partial charge >= 0.3 is 6.03 Å². The molecule has 1 atom stereocenters. The molecule has 9 heteroatoms. The van der Waals surface area contributed by atoms with Crippen LogP contribution in [-0.2, 0) is 17.6 Å². The summed E-state index contributed by atoms with van der Waals surface area (Å²) >= 11 is 0. The van der Waals surface area contributed by atoms with Crippen molar-refractivity contribution < 1.29 is 24.2 Å². The fourth-order valence-electron chi connectivity index (χ4n) is 6.11. The molecule has 0 radical (unpaired) electrons. The van der Waals surface area contributed by atoms with E-state index in [9.17, 15) is 14.7 Å². The van der Waals surface area contributed by atoms with Crippen molar-refractivity contribution in [1.82, 2.24) is 0 Å². The van der Waals surface area contributed by atoms with E-state index in [1.807, 2.05) is 43.3 Å². The third-order valence-corrected chi connectivity index (χ3v) is 9.25. The summed E-state index contributed by atoms with van der Waals surface area (Å²) in [6.45, 7) is 8.53. The Balaban J connectivity index is 1.62. The van der Waals surface area contributed by atoms with Gasteiger partial charge in [0.25, 0.3) is 5.91 Å². The van der Waals surface area contributed by atoms with Crippen LogP contribution in [0.2, 0.25) is 0 Å². The number of phenols is 1. The van der Waals surface area contributed by atoms with Gasteiger partial charge in [-0.15, -0.1) is 0 Å². The minimum atomic E-state index is -0.789. The summed E-state index contributed by atoms with van der Waals surface area (Å²) < 4.78 is 12.9. The Morgan fingerprint density at radius 2 is 1.41 bits per heavy atom. The number of ether oxygens (including phenoxy) is 2. The van der Waals surface area contributed by atoms with Crippen LogP contribution in [0.4, 0.5) is 21.9 Å². The molecule has 4 N–H and O–H groups in total. The molecule has 0 spiro atoms. The molecule has 3 amide bonds. The maximum atomic E-state index is 14.2. The van der Waals surface area contributed by atoms with Gasteiger partial charge in [-0.25, -0.2) is 4.79 Å². The van der Waals surface area contributed by atoms with Gasteiger partial charge in [0, 0.05) is 17.8 Å². The summed E-state index contributed by atoms with van der Waals surface area (Å²) in [5.41, 5.74) is 4.70. The van der Waals surface area contributed by atoms with Gasteiger partial charge in [-0.05, 0) is 99.0 Å². The molecule has 0 aliphatic rings. The molecule has 0 saturated heterocycles. The van der Waals surface area contributed by atoms with Gasteiger partial charge < -0.3 is 30.5 Å². The number of rotatable bonds is 21. The number of nitriles is 1. The number of aromatic hydroxyl groups is 1. The Labute approximate surface area is 321 Å². The zero-order chi connectivity index (χ0) is 38.7. The highest BCUT2D eigenvalue weighted by Crippen LogP contribution is 2.39. The Morgan fingerprint density at radius 3 is 2.09 bits per heavy atom. The number of hydrogen-bond donors (Lipinski definition) is 4. The predicted molar refractivity (Wildman–Crippen MR) is 218 cm³/mol. The van der Waals surface area contributed by atoms with Gasteiger partial charge in [0.05, 0.1) is 23.0 Å². The molecule has 0 heterocycles. The highest BCUT2D eigenvalue weighted by atomic mass is 16.5. The summed E-state index contributed by atoms with van der Waals surface area (Å²) in [4.78, 5) is 27.1. The second kappa shape index (κ2) is 21.9. The third kappa shape index (κ3) is 13.2. The number of unbranched alkanes of at least 4 members (excludes halogenated alkanes) is 7. The molecule has 9 nitrogen and oxygen atoms in total. The summed E-state index contributed by atoms with van der Waals surface area (Å²) in [6, 6.07) is 24.5. The molecule has 286 valence electrons. The van der Waals surface area contributed by atoms with Crippen LogP contribution in [0.15, 0.2) is 78.9 Å². The quantitative estimate of drug-likeness (QED) is 0.0498. The van der Waals surface area contributed by atoms with E-state index in [-0.39, 0.29) is 28.8 Å². The van der Waals surface area contributed by atoms with E-state index < -0.39 is 12.1 Å². The fraction of sp³-hybridized carbons (Fsp3) is 0.400. The van der Waals surface area contributed by atoms with Crippen molar-refractivity contribution >= 4 is 29.0 Å². The summed E-state index contributed by atoms with van der Waals surface area (Å²) in [7, 11) is 0. The summed E-state index contributed by atoms with van der Waals surface area (Å²) in [5, 5.41) is 28.5. The van der Waals surface area contributed by atoms with Crippen molar-refractivity contribution in [2.45, 2.75) is 117 Å². The number of urea groups is 1. The minimum absolute atomic E-state index is 0.0735. The molecule has 54 heavy (non-hydrogen) atoms. The average Bonchev–Trinajstić information content (AvgIpc) is 3.16. The number of hydrogen-bond acceptors (Lipinski definition) is 6. The number of amides is 3. The number of aryl methyl sites for hydroxylation is 3. The lowest BCUT2D eigenvalue weighted by Gasteiger charge is -2.22. The normalized spacial score (nSPS) is 11.3. The first kappa shape index (κ1) is 41.3. The van der Waals surface area contributed by atoms with Gasteiger partial charge in [0.1, 0.15) is 17.2 Å². The molecular formula is C45H56N4O5. The van der Waals surface area contributed by atoms with E-state index in [2.05, 4.69) is 48.9 Å². The average molecular weight is 733 g/mol. The topological polar surface area (TPSA) is 133 Å². The molecule has 0 bridgehead atoms. The number of anilines is 3. The zero-order valence-electron chi connectivity index (χ0n) is 32.3. The van der Waals surface area contributed by atoms with Crippen molar-refractivity contribution in [2.24, 2.45) is 0 Å². The molecule has 4 rings (SSSR count). The zero-order valence-corrected chi connectivity index (χ0v) is 32.3. The van der Waals surface area contributed by atoms with E-state index in [0.717, 1.165) is 81.1 Å². The Kier molecular flexibility index (Phi) is 16.7. The first-order chi connectivity index (χ1) is 26.2. The van der Waals surface area contributed by atoms with E-state index in [0.29, 0.717) is 23.4 Å². The number of phenolic OH excluding ortho intramolecular Hbond substituents is 1. The van der Waals surface area contributed by atoms with Gasteiger partial charge in [-0.1, -0.05) is 95.5 Å². The van der Waals surface area contributed by atoms with Crippen molar-refractivity contribution in [2.75, 3.05) is 16.0 Å². The molecule has 4 aromatic carbocycles. The molecule has 4 aromatic rings. The minimum Gasteiger partial charge on any atom is -0.506 e. The second-order valence-electron chi connectivity index (χ2n) is 13.9. The molecule has 0 fully saturated rings. The Bertz CT molecular complexity index is 1830. The SMILES string of the molecule is CCCCCCC(Oc1ccc(CCCCC)cc1CCCCC)C(=O)Nc1cc(O)c(NC(=O)Nc2ccc(C#N)cc2)cc1Oc1ccc(C)cc1. The number of carbonyl (C=O) groups is 2. The van der Waals surface area contributed by atoms with E-state index >= 15 is 0 Å². The highest BCUT2D eigenvalue weighted by Gasteiger charge is 2.24. The van der Waals surface area contributed by atoms with Gasteiger partial charge in [0.15, 0.2) is 11.9 Å². The van der Waals surface area contributed by atoms with Crippen LogP contribution in [-0.4, -0.2) is 23.1 Å². The number of nitrogens with one attached hydrogen (secondary N) is 3. The van der Waals surface area contributed by atoms with E-state index in [1.165, 1.54) is 30.5 Å². The van der Waals surface area contributed by atoms with Crippen LogP contribution in [0, 0.1) is 18.3 Å². The second-order valence-corrected chi connectivity index (χ2v) is 13.9. The van der Waals surface area contributed by atoms with Crippen LogP contribution >= 0.6 is 0 Å². The smallest absolute Gasteiger partial charge is 0.323 e. The Morgan fingerprint density at radius 1 is 0.722 bits per heavy atom. The van der Waals surface area contributed by atoms with Gasteiger partial charge in [0.2, 0.25) is 0 Å². The summed E-state index contributed by atoms with van der Waals surface area (Å²) in [6.07, 6.45) is 12.4. The van der Waals surface area contributed by atoms with E-state index in [4.69, 9.17) is 14.7 Å². The molecule has 0 aromatic heterocycles. The lowest BCUT2D eigenvalue weighted by atomic mass is 10.00. The number of benzene rings is 4. The standard InChI is InChI=1S/C45H56N4O5/c1-5-8-11-14-17-42(54-41-27-22-33(15-12-9-6-2)28-35(41)16-13-10-7-3)44(51)48-39-29-40(50)38(30-43(39)53-37-25-18-32(4)19-26-37)49-45(52)47-36-23-20-34(31-46)21-24-36/h18-30,42,50H,5-17H2,1-4H3,(H,48,51)(H2,47,49,52). The lowest BCUT2D eigenvalue weighted by Crippen LogP contribution is -2.33. The monoisotopic (exact) mass is 732 g/mol. The predicted octanol–water partition coefficient (Wildman–Crippen LogP) is 11.8. The van der Waals surface area contributed by atoms with E-state index in [1.54, 1.807) is 24.3 Å². The number of carbonyl (C=O) groups excluding carboxylic acids is 2. The van der Waals surface area contributed by atoms with Crippen molar-refractivity contribution in [3.63, 3.8) is 0 Å².